The Bertz CT molecular complexity index is 499. The van der Waals surface area contributed by atoms with E-state index in [-0.39, 0.29) is 6.04 Å². The zero-order chi connectivity index (χ0) is 11.5. The number of nitrogens with one attached hydrogen (secondary N) is 1. The number of anilines is 1. The van der Waals surface area contributed by atoms with Crippen molar-refractivity contribution >= 4 is 32.5 Å². The minimum absolute atomic E-state index is 0.246. The third-order valence-corrected chi connectivity index (χ3v) is 2.87. The molecular formula is C12H14BrN3. The topological polar surface area (TPSA) is 50.9 Å². The van der Waals surface area contributed by atoms with E-state index < -0.39 is 0 Å². The van der Waals surface area contributed by atoms with Crippen LogP contribution < -0.4 is 11.1 Å². The van der Waals surface area contributed by atoms with E-state index in [1.807, 2.05) is 18.2 Å². The summed E-state index contributed by atoms with van der Waals surface area (Å²) in [6, 6.07) is 8.39. The van der Waals surface area contributed by atoms with E-state index in [9.17, 15) is 0 Å². The fourth-order valence-electron chi connectivity index (χ4n) is 1.57. The molecule has 2 rings (SSSR count). The van der Waals surface area contributed by atoms with Gasteiger partial charge in [-0.3, -0.25) is 4.98 Å². The van der Waals surface area contributed by atoms with Gasteiger partial charge in [-0.1, -0.05) is 12.1 Å². The van der Waals surface area contributed by atoms with Crippen LogP contribution in [0.15, 0.2) is 34.9 Å². The van der Waals surface area contributed by atoms with Crippen molar-refractivity contribution in [2.45, 2.75) is 13.0 Å². The molecule has 2 aromatic rings. The summed E-state index contributed by atoms with van der Waals surface area (Å²) >= 11 is 3.42. The molecule has 0 aliphatic rings. The van der Waals surface area contributed by atoms with Crippen molar-refractivity contribution < 1.29 is 0 Å². The summed E-state index contributed by atoms with van der Waals surface area (Å²) in [5.41, 5.74) is 7.61. The zero-order valence-electron chi connectivity index (χ0n) is 9.07. The molecule has 16 heavy (non-hydrogen) atoms. The Balaban J connectivity index is 2.45. The van der Waals surface area contributed by atoms with E-state index in [1.165, 1.54) is 0 Å². The van der Waals surface area contributed by atoms with E-state index in [0.717, 1.165) is 21.1 Å². The molecule has 1 atom stereocenters. The van der Waals surface area contributed by atoms with Crippen molar-refractivity contribution in [3.63, 3.8) is 0 Å². The lowest BCUT2D eigenvalue weighted by molar-refractivity contribution is 0.805. The molecule has 1 aromatic heterocycles. The molecule has 0 saturated heterocycles. The van der Waals surface area contributed by atoms with E-state index in [1.54, 1.807) is 6.20 Å². The van der Waals surface area contributed by atoms with Crippen molar-refractivity contribution in [3.05, 3.63) is 34.9 Å². The molecule has 0 amide bonds. The summed E-state index contributed by atoms with van der Waals surface area (Å²) in [5.74, 6) is 0. The van der Waals surface area contributed by atoms with Crippen molar-refractivity contribution in [1.29, 1.82) is 0 Å². The maximum atomic E-state index is 5.60. The second-order valence-corrected chi connectivity index (χ2v) is 4.73. The van der Waals surface area contributed by atoms with Gasteiger partial charge in [0.1, 0.15) is 0 Å². The minimum atomic E-state index is 0.246. The first-order chi connectivity index (χ1) is 7.70. The number of para-hydroxylation sites is 1. The first-order valence-corrected chi connectivity index (χ1v) is 6.01. The van der Waals surface area contributed by atoms with Crippen molar-refractivity contribution in [1.82, 2.24) is 4.98 Å². The van der Waals surface area contributed by atoms with Crippen LogP contribution in [0, 0.1) is 0 Å². The van der Waals surface area contributed by atoms with Crippen LogP contribution in [0.1, 0.15) is 6.92 Å². The van der Waals surface area contributed by atoms with Crippen molar-refractivity contribution in [2.24, 2.45) is 5.73 Å². The van der Waals surface area contributed by atoms with Gasteiger partial charge in [-0.25, -0.2) is 0 Å². The number of hydrogen-bond donors (Lipinski definition) is 2. The number of nitrogens with zero attached hydrogens (tertiary/aromatic N) is 1. The number of aromatic nitrogens is 1. The quantitative estimate of drug-likeness (QED) is 0.909. The van der Waals surface area contributed by atoms with E-state index in [4.69, 9.17) is 5.73 Å². The average Bonchev–Trinajstić information content (AvgIpc) is 2.28. The molecule has 4 heteroatoms. The highest BCUT2D eigenvalue weighted by molar-refractivity contribution is 9.10. The maximum Gasteiger partial charge on any atom is 0.0934 e. The lowest BCUT2D eigenvalue weighted by atomic mass is 10.2. The molecule has 0 bridgehead atoms. The number of benzene rings is 1. The number of pyridine rings is 1. The predicted molar refractivity (Wildman–Crippen MR) is 71.6 cm³/mol. The summed E-state index contributed by atoms with van der Waals surface area (Å²) in [5, 5.41) is 4.47. The van der Waals surface area contributed by atoms with Gasteiger partial charge in [-0.15, -0.1) is 0 Å². The zero-order valence-corrected chi connectivity index (χ0v) is 10.7. The second-order valence-electron chi connectivity index (χ2n) is 3.81. The van der Waals surface area contributed by atoms with Crippen molar-refractivity contribution in [2.75, 3.05) is 11.9 Å². The van der Waals surface area contributed by atoms with Crippen LogP contribution in [0.25, 0.3) is 10.9 Å². The third kappa shape index (κ3) is 2.33. The molecular weight excluding hydrogens is 266 g/mol. The number of rotatable bonds is 3. The fraction of sp³-hybridized carbons (Fsp3) is 0.250. The van der Waals surface area contributed by atoms with Gasteiger partial charge in [0.25, 0.3) is 0 Å². The number of nitrogens with two attached hydrogens (primary N) is 1. The summed E-state index contributed by atoms with van der Waals surface area (Å²) in [6.45, 7) is 2.66. The molecule has 3 N–H and O–H groups in total. The highest BCUT2D eigenvalue weighted by Crippen LogP contribution is 2.24. The maximum absolute atomic E-state index is 5.60. The van der Waals surface area contributed by atoms with Gasteiger partial charge in [0.15, 0.2) is 0 Å². The second kappa shape index (κ2) is 4.80. The molecule has 3 nitrogen and oxygen atoms in total. The van der Waals surface area contributed by atoms with Gasteiger partial charge >= 0.3 is 0 Å². The minimum Gasteiger partial charge on any atom is -0.380 e. The summed E-state index contributed by atoms with van der Waals surface area (Å²) < 4.78 is 0.990. The third-order valence-electron chi connectivity index (χ3n) is 2.43. The summed E-state index contributed by atoms with van der Waals surface area (Å²) in [7, 11) is 0. The molecule has 1 heterocycles. The van der Waals surface area contributed by atoms with Gasteiger partial charge in [0.2, 0.25) is 0 Å². The Morgan fingerprint density at radius 2 is 2.31 bits per heavy atom. The Labute approximate surface area is 103 Å². The Morgan fingerprint density at radius 3 is 3.06 bits per heavy atom. The molecule has 0 saturated carbocycles. The Morgan fingerprint density at radius 1 is 1.50 bits per heavy atom. The highest BCUT2D eigenvalue weighted by atomic mass is 79.9. The first-order valence-electron chi connectivity index (χ1n) is 5.21. The van der Waals surface area contributed by atoms with Crippen LogP contribution in [-0.2, 0) is 0 Å². The predicted octanol–water partition coefficient (Wildman–Crippen LogP) is 2.76. The van der Waals surface area contributed by atoms with Gasteiger partial charge < -0.3 is 11.1 Å². The summed E-state index contributed by atoms with van der Waals surface area (Å²) in [4.78, 5) is 4.42. The van der Waals surface area contributed by atoms with Crippen LogP contribution in [0.3, 0.4) is 0 Å². The molecule has 0 spiro atoms. The standard InChI is InChI=1S/C12H14BrN3/c1-8(6-14)16-11-4-2-3-9-5-10(13)7-15-12(9)11/h2-5,7-8,16H,6,14H2,1H3. The van der Waals surface area contributed by atoms with E-state index in [2.05, 4.69) is 39.2 Å². The van der Waals surface area contributed by atoms with Crippen molar-refractivity contribution in [3.8, 4) is 0 Å². The van der Waals surface area contributed by atoms with Gasteiger partial charge in [0, 0.05) is 28.6 Å². The molecule has 0 aliphatic carbocycles. The van der Waals surface area contributed by atoms with Crippen LogP contribution in [0.2, 0.25) is 0 Å². The normalized spacial score (nSPS) is 12.7. The Hall–Kier alpha value is -1.13. The number of hydrogen-bond acceptors (Lipinski definition) is 3. The SMILES string of the molecule is CC(CN)Nc1cccc2cc(Br)cnc12. The van der Waals surface area contributed by atoms with E-state index >= 15 is 0 Å². The molecule has 0 radical (unpaired) electrons. The molecule has 0 fully saturated rings. The lowest BCUT2D eigenvalue weighted by Crippen LogP contribution is -2.25. The molecule has 0 aliphatic heterocycles. The average molecular weight is 280 g/mol. The monoisotopic (exact) mass is 279 g/mol. The van der Waals surface area contributed by atoms with E-state index in [0.29, 0.717) is 6.54 Å². The highest BCUT2D eigenvalue weighted by Gasteiger charge is 2.05. The van der Waals surface area contributed by atoms with Crippen LogP contribution in [0.4, 0.5) is 5.69 Å². The van der Waals surface area contributed by atoms with Gasteiger partial charge in [-0.2, -0.15) is 0 Å². The first kappa shape index (κ1) is 11.4. The number of fused-ring (bicyclic) bond motifs is 1. The van der Waals surface area contributed by atoms with Gasteiger partial charge in [-0.05, 0) is 35.0 Å². The van der Waals surface area contributed by atoms with Crippen LogP contribution >= 0.6 is 15.9 Å². The molecule has 1 unspecified atom stereocenters. The van der Waals surface area contributed by atoms with Gasteiger partial charge in [0.05, 0.1) is 11.2 Å². The largest absolute Gasteiger partial charge is 0.380 e. The van der Waals surface area contributed by atoms with Crippen LogP contribution in [0.5, 0.6) is 0 Å². The molecule has 84 valence electrons. The Kier molecular flexibility index (Phi) is 3.41. The lowest BCUT2D eigenvalue weighted by Gasteiger charge is -2.14. The summed E-state index contributed by atoms with van der Waals surface area (Å²) in [6.07, 6.45) is 1.81. The fourth-order valence-corrected chi connectivity index (χ4v) is 1.92. The smallest absolute Gasteiger partial charge is 0.0934 e. The van der Waals surface area contributed by atoms with Crippen LogP contribution in [-0.4, -0.2) is 17.6 Å². The number of halogens is 1. The molecule has 1 aromatic carbocycles.